The van der Waals surface area contributed by atoms with Gasteiger partial charge in [0.15, 0.2) is 0 Å². The summed E-state index contributed by atoms with van der Waals surface area (Å²) in [5.41, 5.74) is 0.780. The van der Waals surface area contributed by atoms with Gasteiger partial charge in [-0.15, -0.1) is 0 Å². The second-order valence-electron chi connectivity index (χ2n) is 4.43. The minimum atomic E-state index is -2.57. The molecule has 0 radical (unpaired) electrons. The Bertz CT molecular complexity index is 423. The SMILES string of the molecule is C=Cc1cn(Cl)c(CCC[Si](OCC)(OCC)OCC)n1. The van der Waals surface area contributed by atoms with Crippen LogP contribution in [0.1, 0.15) is 38.7 Å². The Labute approximate surface area is 133 Å². The van der Waals surface area contributed by atoms with Crippen LogP contribution in [0.2, 0.25) is 6.04 Å². The first-order valence-corrected chi connectivity index (χ1v) is 9.66. The summed E-state index contributed by atoms with van der Waals surface area (Å²) < 4.78 is 19.0. The molecule has 1 rings (SSSR count). The van der Waals surface area contributed by atoms with Crippen LogP contribution in [0.15, 0.2) is 12.8 Å². The van der Waals surface area contributed by atoms with E-state index in [-0.39, 0.29) is 0 Å². The molecule has 1 aromatic rings. The highest BCUT2D eigenvalue weighted by molar-refractivity contribution is 6.60. The van der Waals surface area contributed by atoms with Crippen LogP contribution < -0.4 is 0 Å². The van der Waals surface area contributed by atoms with Crippen molar-refractivity contribution in [3.63, 3.8) is 0 Å². The van der Waals surface area contributed by atoms with Gasteiger partial charge in [-0.3, -0.25) is 0 Å². The molecule has 0 spiro atoms. The third-order valence-electron chi connectivity index (χ3n) is 2.94. The molecule has 0 aliphatic heterocycles. The molecule has 0 N–H and O–H groups in total. The quantitative estimate of drug-likeness (QED) is 0.582. The molecule has 0 fully saturated rings. The van der Waals surface area contributed by atoms with Gasteiger partial charge in [-0.05, 0) is 33.3 Å². The molecule has 1 aromatic heterocycles. The van der Waals surface area contributed by atoms with Crippen LogP contribution in [0.5, 0.6) is 0 Å². The third kappa shape index (κ3) is 5.56. The molecule has 0 saturated heterocycles. The first kappa shape index (κ1) is 18.4. The molecule has 0 amide bonds. The van der Waals surface area contributed by atoms with Crippen molar-refractivity contribution in [2.75, 3.05) is 19.8 Å². The Morgan fingerprint density at radius 1 is 1.24 bits per heavy atom. The summed E-state index contributed by atoms with van der Waals surface area (Å²) in [5, 5.41) is 0. The maximum Gasteiger partial charge on any atom is 0.500 e. The van der Waals surface area contributed by atoms with Gasteiger partial charge in [-0.2, -0.15) is 0 Å². The monoisotopic (exact) mass is 332 g/mol. The van der Waals surface area contributed by atoms with Crippen molar-refractivity contribution in [3.8, 4) is 0 Å². The highest BCUT2D eigenvalue weighted by Crippen LogP contribution is 2.20. The molecule has 21 heavy (non-hydrogen) atoms. The van der Waals surface area contributed by atoms with E-state index in [0.29, 0.717) is 19.8 Å². The molecule has 120 valence electrons. The van der Waals surface area contributed by atoms with E-state index in [1.165, 1.54) is 4.09 Å². The van der Waals surface area contributed by atoms with Crippen molar-refractivity contribution in [1.29, 1.82) is 0 Å². The van der Waals surface area contributed by atoms with E-state index in [9.17, 15) is 0 Å². The van der Waals surface area contributed by atoms with Gasteiger partial charge in [0, 0.05) is 50.3 Å². The van der Waals surface area contributed by atoms with Crippen molar-refractivity contribution < 1.29 is 13.3 Å². The predicted octanol–water partition coefficient (Wildman–Crippen LogP) is 3.51. The van der Waals surface area contributed by atoms with E-state index < -0.39 is 8.80 Å². The molecular weight excluding hydrogens is 308 g/mol. The zero-order chi connectivity index (χ0) is 15.7. The Balaban J connectivity index is 2.62. The predicted molar refractivity (Wildman–Crippen MR) is 87.3 cm³/mol. The molecule has 0 saturated carbocycles. The Kier molecular flexibility index (Phi) is 8.21. The van der Waals surface area contributed by atoms with E-state index in [1.807, 2.05) is 20.8 Å². The summed E-state index contributed by atoms with van der Waals surface area (Å²) in [7, 11) is -2.57. The van der Waals surface area contributed by atoms with Gasteiger partial charge in [-0.1, -0.05) is 6.58 Å². The molecule has 7 heteroatoms. The van der Waals surface area contributed by atoms with Crippen LogP contribution in [0, 0.1) is 0 Å². The number of rotatable bonds is 11. The second kappa shape index (κ2) is 9.37. The molecule has 0 unspecified atom stereocenters. The summed E-state index contributed by atoms with van der Waals surface area (Å²) in [4.78, 5) is 4.39. The number of halogens is 1. The van der Waals surface area contributed by atoms with Gasteiger partial charge >= 0.3 is 8.80 Å². The lowest BCUT2D eigenvalue weighted by molar-refractivity contribution is 0.0708. The van der Waals surface area contributed by atoms with E-state index >= 15 is 0 Å². The molecule has 5 nitrogen and oxygen atoms in total. The van der Waals surface area contributed by atoms with Gasteiger partial charge in [0.1, 0.15) is 5.82 Å². The first-order valence-electron chi connectivity index (χ1n) is 7.39. The lowest BCUT2D eigenvalue weighted by Gasteiger charge is -2.28. The van der Waals surface area contributed by atoms with Crippen molar-refractivity contribution in [1.82, 2.24) is 9.07 Å². The van der Waals surface area contributed by atoms with Crippen molar-refractivity contribution in [2.45, 2.75) is 39.7 Å². The van der Waals surface area contributed by atoms with Crippen LogP contribution in [-0.2, 0) is 19.7 Å². The van der Waals surface area contributed by atoms with Crippen molar-refractivity contribution in [2.24, 2.45) is 0 Å². The fourth-order valence-corrected chi connectivity index (χ4v) is 4.98. The van der Waals surface area contributed by atoms with E-state index in [0.717, 1.165) is 30.4 Å². The number of hydrogen-bond acceptors (Lipinski definition) is 4. The largest absolute Gasteiger partial charge is 0.500 e. The van der Waals surface area contributed by atoms with Gasteiger partial charge < -0.3 is 13.3 Å². The summed E-state index contributed by atoms with van der Waals surface area (Å²) in [6, 6.07) is 0.760. The molecule has 0 bridgehead atoms. The average molecular weight is 333 g/mol. The lowest BCUT2D eigenvalue weighted by Crippen LogP contribution is -2.46. The van der Waals surface area contributed by atoms with E-state index in [4.69, 9.17) is 25.1 Å². The van der Waals surface area contributed by atoms with Crippen molar-refractivity contribution >= 4 is 26.7 Å². The fourth-order valence-electron chi connectivity index (χ4n) is 2.14. The van der Waals surface area contributed by atoms with Crippen LogP contribution in [0.3, 0.4) is 0 Å². The number of aryl methyl sites for hydroxylation is 1. The zero-order valence-corrected chi connectivity index (χ0v) is 14.9. The molecular formula is C14H25ClN2O3Si. The van der Waals surface area contributed by atoms with E-state index in [1.54, 1.807) is 12.3 Å². The standard InChI is InChI=1S/C14H25ClN2O3Si/c1-5-13-12-17(15)14(16-13)10-9-11-21(18-6-2,19-7-3)20-8-4/h5,12H,1,6-11H2,2-4H3. The smallest absolute Gasteiger partial charge is 0.374 e. The van der Waals surface area contributed by atoms with Crippen LogP contribution in [0.4, 0.5) is 0 Å². The molecule has 1 heterocycles. The molecule has 0 aromatic carbocycles. The van der Waals surface area contributed by atoms with Crippen LogP contribution >= 0.6 is 11.8 Å². The topological polar surface area (TPSA) is 45.5 Å². The van der Waals surface area contributed by atoms with Crippen LogP contribution in [-0.4, -0.2) is 37.7 Å². The maximum atomic E-state index is 6.08. The summed E-state index contributed by atoms with van der Waals surface area (Å²) in [6.45, 7) is 11.4. The van der Waals surface area contributed by atoms with E-state index in [2.05, 4.69) is 11.6 Å². The lowest BCUT2D eigenvalue weighted by atomic mass is 10.3. The first-order chi connectivity index (χ1) is 10.1. The average Bonchev–Trinajstić information content (AvgIpc) is 2.80. The summed E-state index contributed by atoms with van der Waals surface area (Å²) in [6.07, 6.45) is 5.04. The Hall–Kier alpha value is -0.663. The van der Waals surface area contributed by atoms with Gasteiger partial charge in [-0.25, -0.2) is 9.07 Å². The Morgan fingerprint density at radius 2 is 1.81 bits per heavy atom. The third-order valence-corrected chi connectivity index (χ3v) is 6.38. The molecule has 0 aliphatic carbocycles. The minimum Gasteiger partial charge on any atom is -0.374 e. The summed E-state index contributed by atoms with van der Waals surface area (Å²) in [5.74, 6) is 0.818. The molecule has 0 aliphatic rings. The highest BCUT2D eigenvalue weighted by Gasteiger charge is 2.39. The number of nitrogens with zero attached hydrogens (tertiary/aromatic N) is 2. The molecule has 0 atom stereocenters. The normalized spacial score (nSPS) is 11.8. The minimum absolute atomic E-state index is 0.594. The van der Waals surface area contributed by atoms with Crippen molar-refractivity contribution in [3.05, 3.63) is 24.3 Å². The number of aromatic nitrogens is 2. The maximum absolute atomic E-state index is 6.08. The number of imidazole rings is 1. The van der Waals surface area contributed by atoms with Crippen LogP contribution in [0.25, 0.3) is 6.08 Å². The summed E-state index contributed by atoms with van der Waals surface area (Å²) >= 11 is 6.08. The Morgan fingerprint density at radius 3 is 2.24 bits per heavy atom. The highest BCUT2D eigenvalue weighted by atomic mass is 35.5. The van der Waals surface area contributed by atoms with Gasteiger partial charge in [0.2, 0.25) is 0 Å². The second-order valence-corrected chi connectivity index (χ2v) is 7.53. The van der Waals surface area contributed by atoms with Gasteiger partial charge in [0.05, 0.1) is 5.69 Å². The zero-order valence-electron chi connectivity index (χ0n) is 13.1. The van der Waals surface area contributed by atoms with Gasteiger partial charge in [0.25, 0.3) is 0 Å². The fraction of sp³-hybridized carbons (Fsp3) is 0.643. The number of hydrogen-bond donors (Lipinski definition) is 0.